The summed E-state index contributed by atoms with van der Waals surface area (Å²) in [6.07, 6.45) is -8.49. The topological polar surface area (TPSA) is 64.4 Å². The van der Waals surface area contributed by atoms with Crippen LogP contribution in [0.25, 0.3) is 11.0 Å². The Balaban J connectivity index is 0.00000114. The molecule has 0 spiro atoms. The highest BCUT2D eigenvalue weighted by Crippen LogP contribution is 2.35. The second-order valence-electron chi connectivity index (χ2n) is 5.09. The average Bonchev–Trinajstić information content (AvgIpc) is 2.85. The molecule has 1 heterocycles. The van der Waals surface area contributed by atoms with Crippen molar-refractivity contribution in [2.75, 3.05) is 14.1 Å². The van der Waals surface area contributed by atoms with Gasteiger partial charge in [0.1, 0.15) is 5.75 Å². The molecule has 0 atom stereocenters. The third kappa shape index (κ3) is 5.35. The van der Waals surface area contributed by atoms with Crippen molar-refractivity contribution in [2.24, 2.45) is 0 Å². The molecule has 152 valence electrons. The number of imidazole rings is 1. The van der Waals surface area contributed by atoms with Crippen molar-refractivity contribution >= 4 is 21.2 Å². The molecule has 13 heteroatoms. The van der Waals surface area contributed by atoms with Crippen LogP contribution in [0.1, 0.15) is 12.7 Å². The molecule has 1 aromatic heterocycles. The Morgan fingerprint density at radius 3 is 2.11 bits per heavy atom. The van der Waals surface area contributed by atoms with Crippen LogP contribution in [0.3, 0.4) is 0 Å². The number of nitrogens with zero attached hydrogens (tertiary/aromatic N) is 3. The summed E-state index contributed by atoms with van der Waals surface area (Å²) >= 11 is 0. The second-order valence-corrected chi connectivity index (χ2v) is 7.09. The lowest BCUT2D eigenvalue weighted by Gasteiger charge is -2.16. The van der Waals surface area contributed by atoms with E-state index in [1.54, 1.807) is 6.08 Å². The monoisotopic (exact) mass is 419 g/mol. The second kappa shape index (κ2) is 7.76. The highest BCUT2D eigenvalue weighted by molar-refractivity contribution is 7.87. The molecule has 2 rings (SSSR count). The zero-order valence-corrected chi connectivity index (χ0v) is 15.1. The van der Waals surface area contributed by atoms with Crippen molar-refractivity contribution in [1.29, 1.82) is 0 Å². The van der Waals surface area contributed by atoms with E-state index >= 15 is 0 Å². The fourth-order valence-corrected chi connectivity index (χ4v) is 2.89. The number of alkyl halides is 6. The lowest BCUT2D eigenvalue weighted by molar-refractivity contribution is -0.274. The summed E-state index contributed by atoms with van der Waals surface area (Å²) in [4.78, 5) is 3.17. The molecule has 27 heavy (non-hydrogen) atoms. The van der Waals surface area contributed by atoms with Gasteiger partial charge in [-0.15, -0.1) is 19.8 Å². The van der Waals surface area contributed by atoms with E-state index in [-0.39, 0.29) is 3.97 Å². The van der Waals surface area contributed by atoms with E-state index in [1.807, 2.05) is 6.92 Å². The Morgan fingerprint density at radius 1 is 1.19 bits per heavy atom. The van der Waals surface area contributed by atoms with E-state index in [4.69, 9.17) is 0 Å². The van der Waals surface area contributed by atoms with Crippen LogP contribution in [-0.2, 0) is 16.4 Å². The number of halogens is 6. The third-order valence-electron chi connectivity index (χ3n) is 2.76. The lowest BCUT2D eigenvalue weighted by atomic mass is 10.3. The fourth-order valence-electron chi connectivity index (χ4n) is 1.81. The first-order valence-electron chi connectivity index (χ1n) is 7.00. The Bertz CT molecular complexity index is 917. The summed E-state index contributed by atoms with van der Waals surface area (Å²) in [7, 11) is -2.76. The summed E-state index contributed by atoms with van der Waals surface area (Å²) in [6.45, 7) is 5.25. The largest absolute Gasteiger partial charge is 0.573 e. The van der Waals surface area contributed by atoms with Crippen LogP contribution in [0, 0.1) is 0 Å². The van der Waals surface area contributed by atoms with Gasteiger partial charge in [-0.2, -0.15) is 25.9 Å². The lowest BCUT2D eigenvalue weighted by Crippen LogP contribution is -2.32. The molecule has 1 aromatic carbocycles. The van der Waals surface area contributed by atoms with Gasteiger partial charge in [0, 0.05) is 20.2 Å². The van der Waals surface area contributed by atoms with E-state index in [0.717, 1.165) is 26.2 Å². The maximum absolute atomic E-state index is 13.1. The molecule has 6 nitrogen and oxygen atoms in total. The third-order valence-corrected chi connectivity index (χ3v) is 4.52. The molecule has 0 aliphatic carbocycles. The Labute approximate surface area is 150 Å². The first-order valence-corrected chi connectivity index (χ1v) is 8.40. The van der Waals surface area contributed by atoms with Crippen LogP contribution < -0.4 is 4.74 Å². The summed E-state index contributed by atoms with van der Waals surface area (Å²) in [5.41, 5.74) is -1.15. The highest BCUT2D eigenvalue weighted by Gasteiger charge is 2.42. The van der Waals surface area contributed by atoms with Gasteiger partial charge >= 0.3 is 22.7 Å². The number of ether oxygens (including phenoxy) is 1. The van der Waals surface area contributed by atoms with Crippen molar-refractivity contribution in [3.05, 3.63) is 36.7 Å². The number of hydrogen-bond donors (Lipinski definition) is 0. The van der Waals surface area contributed by atoms with Crippen LogP contribution in [0.4, 0.5) is 26.3 Å². The van der Waals surface area contributed by atoms with Gasteiger partial charge in [-0.3, -0.25) is 0 Å². The molecule has 2 aromatic rings. The van der Waals surface area contributed by atoms with E-state index < -0.39 is 45.4 Å². The first-order chi connectivity index (χ1) is 12.1. The van der Waals surface area contributed by atoms with Crippen LogP contribution >= 0.6 is 0 Å². The number of aromatic nitrogens is 2. The highest BCUT2D eigenvalue weighted by atomic mass is 32.2. The van der Waals surface area contributed by atoms with Gasteiger partial charge in [0.15, 0.2) is 0 Å². The number of hydrogen-bond acceptors (Lipinski definition) is 4. The summed E-state index contributed by atoms with van der Waals surface area (Å²) in [6, 6.07) is 2.05. The molecule has 0 amide bonds. The smallest absolute Gasteiger partial charge is 0.406 e. The Kier molecular flexibility index (Phi) is 6.54. The van der Waals surface area contributed by atoms with Crippen LogP contribution in [0.2, 0.25) is 0 Å². The minimum absolute atomic E-state index is 0.175. The van der Waals surface area contributed by atoms with Gasteiger partial charge in [0.05, 0.1) is 11.0 Å². The van der Waals surface area contributed by atoms with Crippen molar-refractivity contribution in [3.8, 4) is 5.75 Å². The maximum atomic E-state index is 13.1. The van der Waals surface area contributed by atoms with Crippen molar-refractivity contribution in [2.45, 2.75) is 19.5 Å². The molecule has 0 radical (unpaired) electrons. The van der Waals surface area contributed by atoms with E-state index in [2.05, 4.69) is 16.3 Å². The molecule has 0 saturated heterocycles. The molecular formula is C14H15F6N3O3S. The van der Waals surface area contributed by atoms with Crippen molar-refractivity contribution < 1.29 is 39.5 Å². The standard InChI is InChI=1S/C11H9F6N3O3S.C3H6/c1-19(2)24(21,22)20-8-5-6(23-11(15,16)17)3-4-7(8)18-9(20)10(12,13)14;1-3-2/h3-5H,1-2H3;3H,1H2,2H3. The van der Waals surface area contributed by atoms with Gasteiger partial charge in [-0.25, -0.2) is 8.96 Å². The van der Waals surface area contributed by atoms with E-state index in [9.17, 15) is 34.8 Å². The van der Waals surface area contributed by atoms with Crippen LogP contribution in [0.5, 0.6) is 5.75 Å². The average molecular weight is 419 g/mol. The molecule has 0 unspecified atom stereocenters. The predicted octanol–water partition coefficient (Wildman–Crippen LogP) is 3.80. The van der Waals surface area contributed by atoms with Gasteiger partial charge in [-0.1, -0.05) is 6.08 Å². The van der Waals surface area contributed by atoms with Crippen LogP contribution in [-0.4, -0.2) is 42.1 Å². The molecular weight excluding hydrogens is 404 g/mol. The fraction of sp³-hybridized carbons (Fsp3) is 0.357. The van der Waals surface area contributed by atoms with Gasteiger partial charge in [0.25, 0.3) is 0 Å². The minimum atomic E-state index is -5.15. The Morgan fingerprint density at radius 2 is 1.70 bits per heavy atom. The SMILES string of the molecule is C=CC.CN(C)S(=O)(=O)n1c(C(F)(F)F)nc2ccc(OC(F)(F)F)cc21. The molecule has 0 saturated carbocycles. The van der Waals surface area contributed by atoms with Gasteiger partial charge < -0.3 is 4.74 Å². The molecule has 0 aliphatic heterocycles. The number of rotatable bonds is 3. The van der Waals surface area contributed by atoms with Gasteiger partial charge in [0.2, 0.25) is 5.82 Å². The predicted molar refractivity (Wildman–Crippen MR) is 85.3 cm³/mol. The number of benzene rings is 1. The molecule has 0 aliphatic rings. The normalized spacial score (nSPS) is 12.7. The molecule has 0 bridgehead atoms. The van der Waals surface area contributed by atoms with E-state index in [0.29, 0.717) is 10.4 Å². The molecule has 0 N–H and O–H groups in total. The zero-order chi connectivity index (χ0) is 21.2. The summed E-state index contributed by atoms with van der Waals surface area (Å²) in [5, 5.41) is 0. The quantitative estimate of drug-likeness (QED) is 0.561. The Hall–Kier alpha value is -2.28. The maximum Gasteiger partial charge on any atom is 0.573 e. The number of allylic oxidation sites excluding steroid dienone is 1. The minimum Gasteiger partial charge on any atom is -0.406 e. The first kappa shape index (κ1) is 22.8. The summed E-state index contributed by atoms with van der Waals surface area (Å²) < 4.78 is 104. The van der Waals surface area contributed by atoms with E-state index in [1.165, 1.54) is 0 Å². The molecule has 0 fully saturated rings. The zero-order valence-electron chi connectivity index (χ0n) is 14.3. The van der Waals surface area contributed by atoms with Crippen molar-refractivity contribution in [3.63, 3.8) is 0 Å². The van der Waals surface area contributed by atoms with Crippen molar-refractivity contribution in [1.82, 2.24) is 13.3 Å². The van der Waals surface area contributed by atoms with Gasteiger partial charge in [-0.05, 0) is 19.1 Å². The number of fused-ring (bicyclic) bond motifs is 1. The summed E-state index contributed by atoms with van der Waals surface area (Å²) in [5.74, 6) is -2.66. The van der Waals surface area contributed by atoms with Crippen LogP contribution in [0.15, 0.2) is 30.9 Å².